The van der Waals surface area contributed by atoms with Gasteiger partial charge in [-0.05, 0) is 57.0 Å². The van der Waals surface area contributed by atoms with Gasteiger partial charge in [-0.2, -0.15) is 5.26 Å². The van der Waals surface area contributed by atoms with Gasteiger partial charge < -0.3 is 9.64 Å². The molecule has 2 rings (SSSR count). The van der Waals surface area contributed by atoms with Gasteiger partial charge in [0, 0.05) is 11.7 Å². The summed E-state index contributed by atoms with van der Waals surface area (Å²) in [6.07, 6.45) is 0.280. The highest BCUT2D eigenvalue weighted by atomic mass is 16.5. The van der Waals surface area contributed by atoms with Crippen molar-refractivity contribution < 1.29 is 9.53 Å². The van der Waals surface area contributed by atoms with Crippen molar-refractivity contribution in [2.24, 2.45) is 0 Å². The van der Waals surface area contributed by atoms with Gasteiger partial charge in [-0.25, -0.2) is 0 Å². The molecule has 130 valence electrons. The number of carbonyl (C=O) groups is 1. The molecule has 0 aromatic heterocycles. The van der Waals surface area contributed by atoms with Gasteiger partial charge >= 0.3 is 0 Å². The van der Waals surface area contributed by atoms with E-state index in [0.717, 1.165) is 22.6 Å². The fourth-order valence-electron chi connectivity index (χ4n) is 2.84. The number of anilines is 1. The van der Waals surface area contributed by atoms with Crippen molar-refractivity contribution in [2.75, 3.05) is 11.5 Å². The van der Waals surface area contributed by atoms with Gasteiger partial charge in [-0.3, -0.25) is 4.79 Å². The standard InChI is InChI=1S/C21H24N2O2/c1-15(2)23(19-10-6-9-18(13-19)14-22)20(24)11-12-25-21-16(3)7-5-8-17(21)4/h5-10,13,15H,11-12H2,1-4H3. The van der Waals surface area contributed by atoms with E-state index < -0.39 is 0 Å². The SMILES string of the molecule is Cc1cccc(C)c1OCCC(=O)N(c1cccc(C#N)c1)C(C)C. The van der Waals surface area contributed by atoms with Crippen molar-refractivity contribution in [3.8, 4) is 11.8 Å². The monoisotopic (exact) mass is 336 g/mol. The van der Waals surface area contributed by atoms with Crippen LogP contribution in [0.5, 0.6) is 5.75 Å². The highest BCUT2D eigenvalue weighted by Crippen LogP contribution is 2.23. The summed E-state index contributed by atoms with van der Waals surface area (Å²) in [6.45, 7) is 8.24. The smallest absolute Gasteiger partial charge is 0.230 e. The average Bonchev–Trinajstić information content (AvgIpc) is 2.57. The third-order valence-corrected chi connectivity index (χ3v) is 4.01. The largest absolute Gasteiger partial charge is 0.493 e. The molecular weight excluding hydrogens is 312 g/mol. The number of nitrogens with zero attached hydrogens (tertiary/aromatic N) is 2. The lowest BCUT2D eigenvalue weighted by Gasteiger charge is -2.27. The number of ether oxygens (including phenoxy) is 1. The van der Waals surface area contributed by atoms with E-state index in [1.165, 1.54) is 0 Å². The van der Waals surface area contributed by atoms with Crippen molar-refractivity contribution in [3.63, 3.8) is 0 Å². The molecule has 0 heterocycles. The van der Waals surface area contributed by atoms with E-state index in [4.69, 9.17) is 10.00 Å². The van der Waals surface area contributed by atoms with E-state index >= 15 is 0 Å². The van der Waals surface area contributed by atoms with E-state index in [1.54, 1.807) is 23.1 Å². The number of para-hydroxylation sites is 1. The maximum absolute atomic E-state index is 12.7. The Kier molecular flexibility index (Phi) is 6.19. The van der Waals surface area contributed by atoms with E-state index in [9.17, 15) is 4.79 Å². The first-order valence-corrected chi connectivity index (χ1v) is 8.45. The van der Waals surface area contributed by atoms with Gasteiger partial charge in [-0.15, -0.1) is 0 Å². The van der Waals surface area contributed by atoms with Crippen molar-refractivity contribution in [2.45, 2.75) is 40.2 Å². The molecule has 0 fully saturated rings. The van der Waals surface area contributed by atoms with Crippen LogP contribution in [0.4, 0.5) is 5.69 Å². The fraction of sp³-hybridized carbons (Fsp3) is 0.333. The topological polar surface area (TPSA) is 53.3 Å². The van der Waals surface area contributed by atoms with Crippen LogP contribution in [0.25, 0.3) is 0 Å². The number of hydrogen-bond donors (Lipinski definition) is 0. The first kappa shape index (κ1) is 18.5. The summed E-state index contributed by atoms with van der Waals surface area (Å²) in [4.78, 5) is 14.4. The molecule has 2 aromatic rings. The lowest BCUT2D eigenvalue weighted by Crippen LogP contribution is -2.37. The van der Waals surface area contributed by atoms with Crippen LogP contribution in [-0.4, -0.2) is 18.6 Å². The number of aryl methyl sites for hydroxylation is 2. The first-order valence-electron chi connectivity index (χ1n) is 8.45. The summed E-state index contributed by atoms with van der Waals surface area (Å²) in [6, 6.07) is 15.2. The van der Waals surface area contributed by atoms with Crippen LogP contribution in [-0.2, 0) is 4.79 Å². The molecule has 25 heavy (non-hydrogen) atoms. The highest BCUT2D eigenvalue weighted by Gasteiger charge is 2.19. The predicted octanol–water partition coefficient (Wildman–Crippen LogP) is 4.39. The molecule has 0 saturated heterocycles. The van der Waals surface area contributed by atoms with Gasteiger partial charge in [0.15, 0.2) is 0 Å². The molecule has 0 aliphatic heterocycles. The highest BCUT2D eigenvalue weighted by molar-refractivity contribution is 5.94. The summed E-state index contributed by atoms with van der Waals surface area (Å²) in [5.74, 6) is 0.828. The Morgan fingerprint density at radius 3 is 2.40 bits per heavy atom. The van der Waals surface area contributed by atoms with Gasteiger partial charge in [0.25, 0.3) is 0 Å². The molecule has 0 aliphatic rings. The molecule has 0 bridgehead atoms. The van der Waals surface area contributed by atoms with Crippen LogP contribution in [0.1, 0.15) is 37.0 Å². The molecule has 1 amide bonds. The lowest BCUT2D eigenvalue weighted by molar-refractivity contribution is -0.119. The summed E-state index contributed by atoms with van der Waals surface area (Å²) in [5.41, 5.74) is 3.42. The van der Waals surface area contributed by atoms with Crippen molar-refractivity contribution in [1.29, 1.82) is 5.26 Å². The lowest BCUT2D eigenvalue weighted by atomic mass is 10.1. The van der Waals surface area contributed by atoms with Gasteiger partial charge in [0.1, 0.15) is 5.75 Å². The maximum atomic E-state index is 12.7. The molecule has 4 heteroatoms. The predicted molar refractivity (Wildman–Crippen MR) is 99.8 cm³/mol. The zero-order valence-corrected chi connectivity index (χ0v) is 15.2. The molecule has 2 aromatic carbocycles. The third kappa shape index (κ3) is 4.60. The summed E-state index contributed by atoms with van der Waals surface area (Å²) < 4.78 is 5.85. The zero-order valence-electron chi connectivity index (χ0n) is 15.2. The molecule has 0 spiro atoms. The van der Waals surface area contributed by atoms with Crippen molar-refractivity contribution in [3.05, 3.63) is 59.2 Å². The maximum Gasteiger partial charge on any atom is 0.230 e. The minimum Gasteiger partial charge on any atom is -0.493 e. The third-order valence-electron chi connectivity index (χ3n) is 4.01. The van der Waals surface area contributed by atoms with Crippen LogP contribution in [0, 0.1) is 25.2 Å². The number of nitriles is 1. The second-order valence-electron chi connectivity index (χ2n) is 6.34. The molecule has 0 N–H and O–H groups in total. The molecule has 0 aliphatic carbocycles. The van der Waals surface area contributed by atoms with Gasteiger partial charge in [-0.1, -0.05) is 24.3 Å². The zero-order chi connectivity index (χ0) is 18.4. The van der Waals surface area contributed by atoms with Crippen LogP contribution in [0.2, 0.25) is 0 Å². The Morgan fingerprint density at radius 1 is 1.16 bits per heavy atom. The van der Waals surface area contributed by atoms with E-state index in [2.05, 4.69) is 6.07 Å². The van der Waals surface area contributed by atoms with Crippen molar-refractivity contribution >= 4 is 11.6 Å². The van der Waals surface area contributed by atoms with Crippen LogP contribution in [0.15, 0.2) is 42.5 Å². The van der Waals surface area contributed by atoms with E-state index in [0.29, 0.717) is 12.2 Å². The van der Waals surface area contributed by atoms with Crippen LogP contribution < -0.4 is 9.64 Å². The summed E-state index contributed by atoms with van der Waals surface area (Å²) in [5, 5.41) is 9.07. The van der Waals surface area contributed by atoms with Gasteiger partial charge in [0.2, 0.25) is 5.91 Å². The van der Waals surface area contributed by atoms with Crippen molar-refractivity contribution in [1.82, 2.24) is 0 Å². The average molecular weight is 336 g/mol. The second-order valence-corrected chi connectivity index (χ2v) is 6.34. The summed E-state index contributed by atoms with van der Waals surface area (Å²) in [7, 11) is 0. The molecular formula is C21H24N2O2. The minimum absolute atomic E-state index is 0.00152. The van der Waals surface area contributed by atoms with Crippen LogP contribution in [0.3, 0.4) is 0 Å². The molecule has 4 nitrogen and oxygen atoms in total. The minimum atomic E-state index is -0.0173. The Morgan fingerprint density at radius 2 is 1.80 bits per heavy atom. The second kappa shape index (κ2) is 8.34. The molecule has 0 saturated carbocycles. The van der Waals surface area contributed by atoms with Crippen LogP contribution >= 0.6 is 0 Å². The molecule has 0 radical (unpaired) electrons. The van der Waals surface area contributed by atoms with E-state index in [1.807, 2.05) is 52.0 Å². The Balaban J connectivity index is 2.07. The quantitative estimate of drug-likeness (QED) is 0.786. The van der Waals surface area contributed by atoms with Gasteiger partial charge in [0.05, 0.1) is 24.7 Å². The number of hydrogen-bond acceptors (Lipinski definition) is 3. The Labute approximate surface area is 149 Å². The first-order chi connectivity index (χ1) is 11.9. The molecule has 0 unspecified atom stereocenters. The van der Waals surface area contributed by atoms with E-state index in [-0.39, 0.29) is 18.4 Å². The Bertz CT molecular complexity index is 770. The Hall–Kier alpha value is -2.80. The summed E-state index contributed by atoms with van der Waals surface area (Å²) >= 11 is 0. The molecule has 0 atom stereocenters. The number of benzene rings is 2. The fourth-order valence-corrected chi connectivity index (χ4v) is 2.84. The normalized spacial score (nSPS) is 10.4. The number of rotatable bonds is 6. The number of amides is 1. The number of carbonyl (C=O) groups excluding carboxylic acids is 1.